The van der Waals surface area contributed by atoms with Gasteiger partial charge in [0, 0.05) is 26.6 Å². The van der Waals surface area contributed by atoms with E-state index in [2.05, 4.69) is 5.32 Å². The molecule has 1 saturated heterocycles. The number of piperidine rings is 1. The van der Waals surface area contributed by atoms with Gasteiger partial charge in [-0.25, -0.2) is 0 Å². The van der Waals surface area contributed by atoms with E-state index in [1.54, 1.807) is 7.11 Å². The molecule has 0 aromatic heterocycles. The maximum atomic E-state index is 9.07. The van der Waals surface area contributed by atoms with Gasteiger partial charge in [-0.2, -0.15) is 0 Å². The minimum atomic E-state index is -0.219. The van der Waals surface area contributed by atoms with E-state index in [1.807, 2.05) is 0 Å². The molecule has 1 heterocycles. The Morgan fingerprint density at radius 2 is 2.20 bits per heavy atom. The van der Waals surface area contributed by atoms with Crippen LogP contribution in [-0.2, 0) is 4.74 Å². The summed E-state index contributed by atoms with van der Waals surface area (Å²) >= 11 is 0. The van der Waals surface area contributed by atoms with Gasteiger partial charge in [-0.05, 0) is 0 Å². The van der Waals surface area contributed by atoms with Crippen molar-refractivity contribution in [3.05, 3.63) is 0 Å². The van der Waals surface area contributed by atoms with Gasteiger partial charge in [0.1, 0.15) is 0 Å². The van der Waals surface area contributed by atoms with E-state index < -0.39 is 0 Å². The van der Waals surface area contributed by atoms with Gasteiger partial charge in [0.05, 0.1) is 12.2 Å². The van der Waals surface area contributed by atoms with E-state index in [0.29, 0.717) is 6.54 Å². The van der Waals surface area contributed by atoms with Crippen molar-refractivity contribution in [2.24, 2.45) is 0 Å². The predicted octanol–water partition coefficient (Wildman–Crippen LogP) is -0.223. The molecule has 1 aliphatic rings. The molecular weight excluding hydrogens is 154 g/mol. The molecule has 0 radical (unpaired) electrons. The van der Waals surface area contributed by atoms with Gasteiger partial charge >= 0.3 is 0 Å². The number of methoxy groups -OCH3 is 1. The summed E-state index contributed by atoms with van der Waals surface area (Å²) in [5.41, 5.74) is 0. The lowest BCUT2D eigenvalue weighted by molar-refractivity contribution is 0.0225. The van der Waals surface area contributed by atoms with Crippen LogP contribution in [0.4, 0.5) is 0 Å². The number of hydrogen-bond acceptors (Lipinski definition) is 3. The number of β-amino-alcohol motifs (C(OH)–C–C–N with tert-alkyl or cyclic N) is 1. The number of nitrogens with one attached hydrogen (secondary N) is 1. The molecule has 0 amide bonds. The van der Waals surface area contributed by atoms with Crippen LogP contribution >= 0.6 is 12.4 Å². The van der Waals surface area contributed by atoms with E-state index in [4.69, 9.17) is 9.84 Å². The Bertz CT molecular complexity index is 91.8. The molecule has 1 aliphatic heterocycles. The van der Waals surface area contributed by atoms with Crippen LogP contribution in [0.25, 0.3) is 0 Å². The lowest BCUT2D eigenvalue weighted by Crippen LogP contribution is -2.42. The first-order valence-electron chi connectivity index (χ1n) is 3.24. The summed E-state index contributed by atoms with van der Waals surface area (Å²) in [5.74, 6) is 0. The van der Waals surface area contributed by atoms with Gasteiger partial charge in [0.25, 0.3) is 0 Å². The Morgan fingerprint density at radius 1 is 1.50 bits per heavy atom. The molecule has 0 aromatic rings. The summed E-state index contributed by atoms with van der Waals surface area (Å²) in [5, 5.41) is 12.1. The maximum Gasteiger partial charge on any atom is 0.0720 e. The van der Waals surface area contributed by atoms with Gasteiger partial charge in [-0.1, -0.05) is 0 Å². The zero-order valence-corrected chi connectivity index (χ0v) is 6.86. The van der Waals surface area contributed by atoms with Crippen LogP contribution in [0.3, 0.4) is 0 Å². The highest BCUT2D eigenvalue weighted by Crippen LogP contribution is 2.04. The molecule has 0 aliphatic carbocycles. The van der Waals surface area contributed by atoms with Crippen molar-refractivity contribution in [1.82, 2.24) is 5.32 Å². The number of aliphatic hydroxyl groups is 1. The van der Waals surface area contributed by atoms with Crippen molar-refractivity contribution < 1.29 is 9.84 Å². The standard InChI is InChI=1S/C6H13NO2.ClH/c1-9-6-2-5(8)3-7-4-6;/h5-8H,2-4H2,1H3;1H. The molecular formula is C6H14ClNO2. The van der Waals surface area contributed by atoms with Crippen LogP contribution < -0.4 is 5.32 Å². The van der Waals surface area contributed by atoms with Crippen LogP contribution in [0.5, 0.6) is 0 Å². The van der Waals surface area contributed by atoms with Crippen LogP contribution in [-0.4, -0.2) is 37.5 Å². The smallest absolute Gasteiger partial charge is 0.0720 e. The molecule has 0 aromatic carbocycles. The molecule has 1 fully saturated rings. The van der Waals surface area contributed by atoms with Gasteiger partial charge in [0.2, 0.25) is 0 Å². The molecule has 0 spiro atoms. The Kier molecular flexibility index (Phi) is 4.99. The van der Waals surface area contributed by atoms with Crippen molar-refractivity contribution in [2.45, 2.75) is 18.6 Å². The third kappa shape index (κ3) is 2.84. The first-order valence-corrected chi connectivity index (χ1v) is 3.24. The average molecular weight is 168 g/mol. The largest absolute Gasteiger partial charge is 0.392 e. The van der Waals surface area contributed by atoms with Crippen LogP contribution in [0.2, 0.25) is 0 Å². The summed E-state index contributed by atoms with van der Waals surface area (Å²) in [7, 11) is 1.67. The van der Waals surface area contributed by atoms with Crippen LogP contribution in [0.1, 0.15) is 6.42 Å². The van der Waals surface area contributed by atoms with E-state index in [0.717, 1.165) is 13.0 Å². The second kappa shape index (κ2) is 4.91. The number of rotatable bonds is 1. The van der Waals surface area contributed by atoms with Crippen molar-refractivity contribution in [3.63, 3.8) is 0 Å². The topological polar surface area (TPSA) is 41.5 Å². The predicted molar refractivity (Wildman–Crippen MR) is 41.5 cm³/mol. The van der Waals surface area contributed by atoms with Crippen LogP contribution in [0.15, 0.2) is 0 Å². The summed E-state index contributed by atoms with van der Waals surface area (Å²) in [6.45, 7) is 1.58. The molecule has 0 saturated carbocycles. The summed E-state index contributed by atoms with van der Waals surface area (Å²) in [6.07, 6.45) is 0.751. The number of halogens is 1. The maximum absolute atomic E-state index is 9.07. The Balaban J connectivity index is 0.000000810. The second-order valence-electron chi connectivity index (χ2n) is 2.41. The minimum Gasteiger partial charge on any atom is -0.392 e. The van der Waals surface area contributed by atoms with E-state index >= 15 is 0 Å². The average Bonchev–Trinajstić information content (AvgIpc) is 1.88. The molecule has 2 atom stereocenters. The highest BCUT2D eigenvalue weighted by atomic mass is 35.5. The zero-order chi connectivity index (χ0) is 6.69. The highest BCUT2D eigenvalue weighted by Gasteiger charge is 2.18. The van der Waals surface area contributed by atoms with E-state index in [1.165, 1.54) is 0 Å². The van der Waals surface area contributed by atoms with Crippen molar-refractivity contribution in [2.75, 3.05) is 20.2 Å². The normalized spacial score (nSPS) is 33.0. The molecule has 62 valence electrons. The van der Waals surface area contributed by atoms with E-state index in [-0.39, 0.29) is 24.6 Å². The highest BCUT2D eigenvalue weighted by molar-refractivity contribution is 5.85. The lowest BCUT2D eigenvalue weighted by Gasteiger charge is -2.25. The zero-order valence-electron chi connectivity index (χ0n) is 6.04. The Labute approximate surface area is 67.2 Å². The molecule has 3 nitrogen and oxygen atoms in total. The molecule has 10 heavy (non-hydrogen) atoms. The first-order chi connectivity index (χ1) is 4.33. The van der Waals surface area contributed by atoms with Crippen LogP contribution in [0, 0.1) is 0 Å². The number of ether oxygens (including phenoxy) is 1. The molecule has 4 heteroatoms. The van der Waals surface area contributed by atoms with Gasteiger partial charge in [-0.3, -0.25) is 0 Å². The van der Waals surface area contributed by atoms with Gasteiger partial charge < -0.3 is 15.2 Å². The van der Waals surface area contributed by atoms with E-state index in [9.17, 15) is 0 Å². The Morgan fingerprint density at radius 3 is 2.60 bits per heavy atom. The molecule has 0 bridgehead atoms. The lowest BCUT2D eigenvalue weighted by atomic mass is 10.1. The van der Waals surface area contributed by atoms with Crippen molar-refractivity contribution >= 4 is 12.4 Å². The van der Waals surface area contributed by atoms with Gasteiger partial charge in [0.15, 0.2) is 0 Å². The number of hydrogen-bond donors (Lipinski definition) is 2. The monoisotopic (exact) mass is 167 g/mol. The Hall–Kier alpha value is 0.170. The third-order valence-corrected chi connectivity index (χ3v) is 1.62. The third-order valence-electron chi connectivity index (χ3n) is 1.62. The fourth-order valence-electron chi connectivity index (χ4n) is 1.06. The first kappa shape index (κ1) is 10.2. The second-order valence-corrected chi connectivity index (χ2v) is 2.41. The fraction of sp³-hybridized carbons (Fsp3) is 1.00. The quantitative estimate of drug-likeness (QED) is 0.568. The number of aliphatic hydroxyl groups excluding tert-OH is 1. The summed E-state index contributed by atoms with van der Waals surface area (Å²) < 4.78 is 5.04. The molecule has 1 rings (SSSR count). The SMILES string of the molecule is COC1CNCC(O)C1.Cl. The minimum absolute atomic E-state index is 0. The van der Waals surface area contributed by atoms with Crippen molar-refractivity contribution in [3.8, 4) is 0 Å². The fourth-order valence-corrected chi connectivity index (χ4v) is 1.06. The summed E-state index contributed by atoms with van der Waals surface area (Å²) in [6, 6.07) is 0. The summed E-state index contributed by atoms with van der Waals surface area (Å²) in [4.78, 5) is 0. The molecule has 2 N–H and O–H groups in total. The van der Waals surface area contributed by atoms with Crippen molar-refractivity contribution in [1.29, 1.82) is 0 Å². The van der Waals surface area contributed by atoms with Gasteiger partial charge in [-0.15, -0.1) is 12.4 Å². The molecule has 2 unspecified atom stereocenters.